The third kappa shape index (κ3) is 1.94. The second-order valence-corrected chi connectivity index (χ2v) is 6.51. The van der Waals surface area contributed by atoms with Crippen LogP contribution in [0.25, 0.3) is 16.8 Å². The number of benzene rings is 2. The van der Waals surface area contributed by atoms with E-state index in [2.05, 4.69) is 26.0 Å². The highest BCUT2D eigenvalue weighted by Gasteiger charge is 2.21. The maximum Gasteiger partial charge on any atom is 0.139 e. The molecule has 19 heavy (non-hydrogen) atoms. The summed E-state index contributed by atoms with van der Waals surface area (Å²) in [5.74, 6) is 0. The van der Waals surface area contributed by atoms with Gasteiger partial charge < -0.3 is 4.79 Å². The van der Waals surface area contributed by atoms with Crippen LogP contribution in [-0.4, -0.2) is 15.7 Å². The lowest BCUT2D eigenvalue weighted by Gasteiger charge is -2.16. The summed E-state index contributed by atoms with van der Waals surface area (Å²) in [7, 11) is -1.28. The Kier molecular flexibility index (Phi) is 2.86. The molecule has 1 heterocycles. The molecule has 2 atom stereocenters. The molecule has 0 spiro atoms. The van der Waals surface area contributed by atoms with Crippen LogP contribution < -0.4 is 0 Å². The zero-order chi connectivity index (χ0) is 13.6. The van der Waals surface area contributed by atoms with E-state index in [1.165, 1.54) is 11.1 Å². The van der Waals surface area contributed by atoms with Crippen LogP contribution in [-0.2, 0) is 15.6 Å². The third-order valence-electron chi connectivity index (χ3n) is 3.65. The molecule has 2 unspecified atom stereocenters. The van der Waals surface area contributed by atoms with Crippen LogP contribution in [0.2, 0.25) is 0 Å². The van der Waals surface area contributed by atoms with Crippen molar-refractivity contribution in [3.05, 3.63) is 47.0 Å². The summed E-state index contributed by atoms with van der Waals surface area (Å²) in [6, 6.07) is 8.25. The molecule has 0 fully saturated rings. The SMILES string of the molecule is Cc1cc2cc3c(cc2cc1C)S(=O)C(C=O)C=C3. The van der Waals surface area contributed by atoms with Crippen molar-refractivity contribution >= 4 is 33.9 Å². The highest BCUT2D eigenvalue weighted by atomic mass is 32.2. The molecule has 1 aliphatic heterocycles. The Morgan fingerprint density at radius 3 is 2.32 bits per heavy atom. The molecule has 2 aromatic rings. The Morgan fingerprint density at radius 2 is 1.68 bits per heavy atom. The first-order valence-corrected chi connectivity index (χ1v) is 7.40. The predicted octanol–water partition coefficient (Wildman–Crippen LogP) is 3.16. The third-order valence-corrected chi connectivity index (χ3v) is 5.19. The van der Waals surface area contributed by atoms with Gasteiger partial charge in [-0.2, -0.15) is 0 Å². The molecular weight excluding hydrogens is 256 g/mol. The Bertz CT molecular complexity index is 744. The van der Waals surface area contributed by atoms with E-state index in [1.807, 2.05) is 18.2 Å². The van der Waals surface area contributed by atoms with Crippen LogP contribution in [0, 0.1) is 13.8 Å². The highest BCUT2D eigenvalue weighted by molar-refractivity contribution is 7.86. The zero-order valence-electron chi connectivity index (χ0n) is 10.8. The van der Waals surface area contributed by atoms with Gasteiger partial charge in [-0.15, -0.1) is 0 Å². The van der Waals surface area contributed by atoms with Crippen molar-refractivity contribution in [2.75, 3.05) is 0 Å². The Hall–Kier alpha value is -1.74. The predicted molar refractivity (Wildman–Crippen MR) is 78.7 cm³/mol. The van der Waals surface area contributed by atoms with Gasteiger partial charge in [0, 0.05) is 4.90 Å². The number of aldehydes is 1. The second kappa shape index (κ2) is 4.42. The molecule has 0 saturated carbocycles. The molecule has 1 aliphatic rings. The normalized spacial score (nSPS) is 21.4. The molecule has 0 N–H and O–H groups in total. The van der Waals surface area contributed by atoms with Gasteiger partial charge >= 0.3 is 0 Å². The van der Waals surface area contributed by atoms with Crippen LogP contribution in [0.15, 0.2) is 35.2 Å². The van der Waals surface area contributed by atoms with E-state index in [1.54, 1.807) is 6.08 Å². The molecular formula is C16H14O2S. The summed E-state index contributed by atoms with van der Waals surface area (Å²) in [5.41, 5.74) is 3.42. The molecule has 0 amide bonds. The minimum atomic E-state index is -1.28. The first kappa shape index (κ1) is 12.3. The van der Waals surface area contributed by atoms with Crippen molar-refractivity contribution in [3.8, 4) is 0 Å². The van der Waals surface area contributed by atoms with Crippen molar-refractivity contribution in [3.63, 3.8) is 0 Å². The number of carbonyl (C=O) groups is 1. The largest absolute Gasteiger partial charge is 0.302 e. The van der Waals surface area contributed by atoms with E-state index in [9.17, 15) is 9.00 Å². The van der Waals surface area contributed by atoms with Crippen molar-refractivity contribution in [1.82, 2.24) is 0 Å². The van der Waals surface area contributed by atoms with Gasteiger partial charge in [-0.3, -0.25) is 4.21 Å². The number of fused-ring (bicyclic) bond motifs is 2. The lowest BCUT2D eigenvalue weighted by Crippen LogP contribution is -2.17. The summed E-state index contributed by atoms with van der Waals surface area (Å²) < 4.78 is 12.3. The Labute approximate surface area is 114 Å². The van der Waals surface area contributed by atoms with Gasteiger partial charge in [0.2, 0.25) is 0 Å². The van der Waals surface area contributed by atoms with Gasteiger partial charge in [0.1, 0.15) is 11.5 Å². The van der Waals surface area contributed by atoms with Crippen molar-refractivity contribution < 1.29 is 9.00 Å². The maximum absolute atomic E-state index is 12.3. The van der Waals surface area contributed by atoms with Crippen LogP contribution >= 0.6 is 0 Å². The van der Waals surface area contributed by atoms with E-state index >= 15 is 0 Å². The lowest BCUT2D eigenvalue weighted by molar-refractivity contribution is -0.106. The highest BCUT2D eigenvalue weighted by Crippen LogP contribution is 2.30. The van der Waals surface area contributed by atoms with Crippen LogP contribution in [0.4, 0.5) is 0 Å². The van der Waals surface area contributed by atoms with Crippen LogP contribution in [0.1, 0.15) is 16.7 Å². The molecule has 0 aromatic heterocycles. The fourth-order valence-corrected chi connectivity index (χ4v) is 3.61. The number of carbonyl (C=O) groups excluding carboxylic acids is 1. The van der Waals surface area contributed by atoms with E-state index in [4.69, 9.17) is 0 Å². The van der Waals surface area contributed by atoms with E-state index in [0.717, 1.165) is 27.5 Å². The molecule has 0 radical (unpaired) electrons. The Balaban J connectivity index is 2.28. The van der Waals surface area contributed by atoms with Crippen molar-refractivity contribution in [2.24, 2.45) is 0 Å². The number of hydrogen-bond donors (Lipinski definition) is 0. The molecule has 2 aromatic carbocycles. The average molecular weight is 270 g/mol. The molecule has 0 bridgehead atoms. The summed E-state index contributed by atoms with van der Waals surface area (Å²) in [6.07, 6.45) is 4.36. The monoisotopic (exact) mass is 270 g/mol. The van der Waals surface area contributed by atoms with Gasteiger partial charge in [-0.1, -0.05) is 24.3 Å². The molecule has 0 saturated heterocycles. The van der Waals surface area contributed by atoms with Crippen LogP contribution in [0.5, 0.6) is 0 Å². The van der Waals surface area contributed by atoms with Gasteiger partial charge in [0.25, 0.3) is 0 Å². The fraction of sp³-hybridized carbons (Fsp3) is 0.188. The van der Waals surface area contributed by atoms with E-state index in [0.29, 0.717) is 0 Å². The van der Waals surface area contributed by atoms with Gasteiger partial charge in [-0.25, -0.2) is 0 Å². The van der Waals surface area contributed by atoms with Gasteiger partial charge in [-0.05, 0) is 53.4 Å². The van der Waals surface area contributed by atoms with Gasteiger partial charge in [0.15, 0.2) is 0 Å². The first-order chi connectivity index (χ1) is 9.10. The number of hydrogen-bond acceptors (Lipinski definition) is 2. The second-order valence-electron chi connectivity index (χ2n) is 4.93. The minimum Gasteiger partial charge on any atom is -0.302 e. The molecule has 3 heteroatoms. The summed E-state index contributed by atoms with van der Waals surface area (Å²) in [4.78, 5) is 11.7. The number of rotatable bonds is 1. The topological polar surface area (TPSA) is 34.1 Å². The van der Waals surface area contributed by atoms with Gasteiger partial charge in [0.05, 0.1) is 10.8 Å². The lowest BCUT2D eigenvalue weighted by atomic mass is 10.0. The standard InChI is InChI=1S/C16H14O2S/c1-10-5-13-7-12-3-4-15(9-17)19(18)16(12)8-14(13)6-11(10)2/h3-9,15H,1-2H3. The van der Waals surface area contributed by atoms with E-state index < -0.39 is 16.0 Å². The maximum atomic E-state index is 12.3. The Morgan fingerprint density at radius 1 is 1.05 bits per heavy atom. The van der Waals surface area contributed by atoms with E-state index in [-0.39, 0.29) is 0 Å². The molecule has 96 valence electrons. The summed E-state index contributed by atoms with van der Waals surface area (Å²) in [6.45, 7) is 4.16. The summed E-state index contributed by atoms with van der Waals surface area (Å²) in [5, 5.41) is 1.71. The average Bonchev–Trinajstić information content (AvgIpc) is 2.39. The fourth-order valence-electron chi connectivity index (χ4n) is 2.39. The molecule has 2 nitrogen and oxygen atoms in total. The smallest absolute Gasteiger partial charge is 0.139 e. The van der Waals surface area contributed by atoms with Crippen LogP contribution in [0.3, 0.4) is 0 Å². The minimum absolute atomic E-state index is 0.517. The molecule has 3 rings (SSSR count). The first-order valence-electron chi connectivity index (χ1n) is 6.19. The molecule has 0 aliphatic carbocycles. The van der Waals surface area contributed by atoms with Crippen molar-refractivity contribution in [1.29, 1.82) is 0 Å². The quantitative estimate of drug-likeness (QED) is 0.746. The summed E-state index contributed by atoms with van der Waals surface area (Å²) >= 11 is 0. The van der Waals surface area contributed by atoms with Crippen molar-refractivity contribution in [2.45, 2.75) is 24.0 Å². The number of aryl methyl sites for hydroxylation is 2. The zero-order valence-corrected chi connectivity index (χ0v) is 11.7.